The minimum absolute atomic E-state index is 0.488. The van der Waals surface area contributed by atoms with Crippen LogP contribution < -0.4 is 0 Å². The molecule has 2 nitrogen and oxygen atoms in total. The Bertz CT molecular complexity index is 413. The molecule has 1 aromatic rings. The zero-order valence-electron chi connectivity index (χ0n) is 10.9. The van der Waals surface area contributed by atoms with E-state index in [0.717, 1.165) is 36.0 Å². The summed E-state index contributed by atoms with van der Waals surface area (Å²) in [6.07, 6.45) is 3.08. The molecule has 0 aliphatic carbocycles. The average molecular weight is 328 g/mol. The van der Waals surface area contributed by atoms with Gasteiger partial charge in [0.25, 0.3) is 0 Å². The summed E-state index contributed by atoms with van der Waals surface area (Å²) in [7, 11) is 0. The monoisotopic (exact) mass is 327 g/mol. The molecule has 0 radical (unpaired) electrons. The number of hydrogen-bond donors (Lipinski definition) is 0. The van der Waals surface area contributed by atoms with Crippen molar-refractivity contribution in [2.45, 2.75) is 31.4 Å². The number of hydrogen-bond acceptors (Lipinski definition) is 2. The van der Waals surface area contributed by atoms with Crippen molar-refractivity contribution in [2.24, 2.45) is 0 Å². The summed E-state index contributed by atoms with van der Waals surface area (Å²) >= 11 is 3.39. The van der Waals surface area contributed by atoms with E-state index in [1.54, 1.807) is 0 Å². The summed E-state index contributed by atoms with van der Waals surface area (Å²) in [5.74, 6) is 0. The number of benzene rings is 1. The van der Waals surface area contributed by atoms with Gasteiger partial charge < -0.3 is 9.69 Å². The zero-order valence-corrected chi connectivity index (χ0v) is 12.5. The van der Waals surface area contributed by atoms with Gasteiger partial charge in [-0.1, -0.05) is 28.1 Å². The molecule has 1 fully saturated rings. The predicted octanol–water partition coefficient (Wildman–Crippen LogP) is 3.38. The van der Waals surface area contributed by atoms with Crippen molar-refractivity contribution in [3.8, 4) is 0 Å². The molecule has 2 rings (SSSR count). The largest absolute Gasteiger partial charge is 0.303 e. The second-order valence-electron chi connectivity index (χ2n) is 5.25. The van der Waals surface area contributed by atoms with Gasteiger partial charge in [0.2, 0.25) is 0 Å². The first-order valence-corrected chi connectivity index (χ1v) is 7.50. The Morgan fingerprint density at radius 3 is 2.47 bits per heavy atom. The van der Waals surface area contributed by atoms with E-state index in [-0.39, 0.29) is 0 Å². The Hall–Kier alpha value is -0.740. The lowest BCUT2D eigenvalue weighted by molar-refractivity contribution is -0.108. The van der Waals surface area contributed by atoms with Crippen LogP contribution in [-0.2, 0) is 11.2 Å². The van der Waals surface area contributed by atoms with Gasteiger partial charge in [-0.15, -0.1) is 0 Å². The molecule has 1 heterocycles. The van der Waals surface area contributed by atoms with Crippen LogP contribution in [0.1, 0.15) is 24.8 Å². The van der Waals surface area contributed by atoms with Crippen molar-refractivity contribution < 1.29 is 9.18 Å². The summed E-state index contributed by atoms with van der Waals surface area (Å²) in [6.45, 7) is 2.26. The first-order valence-electron chi connectivity index (χ1n) is 6.71. The van der Waals surface area contributed by atoms with Crippen LogP contribution in [-0.4, -0.2) is 36.5 Å². The van der Waals surface area contributed by atoms with Crippen molar-refractivity contribution in [1.82, 2.24) is 4.90 Å². The molecule has 0 unspecified atom stereocenters. The third-order valence-corrected chi connectivity index (χ3v) is 4.28. The molecule has 1 aliphatic heterocycles. The highest BCUT2D eigenvalue weighted by Crippen LogP contribution is 2.30. The van der Waals surface area contributed by atoms with Crippen LogP contribution in [0.4, 0.5) is 4.39 Å². The molecule has 4 heteroatoms. The minimum atomic E-state index is -1.09. The topological polar surface area (TPSA) is 20.3 Å². The highest BCUT2D eigenvalue weighted by molar-refractivity contribution is 9.10. The zero-order chi connectivity index (χ0) is 13.7. The Morgan fingerprint density at radius 1 is 1.26 bits per heavy atom. The molecule has 0 amide bonds. The van der Waals surface area contributed by atoms with Crippen molar-refractivity contribution in [3.63, 3.8) is 0 Å². The quantitative estimate of drug-likeness (QED) is 0.773. The van der Waals surface area contributed by atoms with Gasteiger partial charge in [-0.25, -0.2) is 4.39 Å². The normalized spacial score (nSPS) is 19.3. The molecule has 1 aromatic carbocycles. The van der Waals surface area contributed by atoms with E-state index < -0.39 is 5.67 Å². The summed E-state index contributed by atoms with van der Waals surface area (Å²) in [6, 6.07) is 7.87. The fourth-order valence-corrected chi connectivity index (χ4v) is 2.82. The smallest absolute Gasteiger partial charge is 0.121 e. The van der Waals surface area contributed by atoms with E-state index >= 15 is 0 Å². The Kier molecular flexibility index (Phi) is 5.11. The molecule has 0 saturated carbocycles. The van der Waals surface area contributed by atoms with Crippen LogP contribution in [0.25, 0.3) is 0 Å². The Balaban J connectivity index is 1.87. The molecule has 19 heavy (non-hydrogen) atoms. The molecular weight excluding hydrogens is 309 g/mol. The Morgan fingerprint density at radius 2 is 1.89 bits per heavy atom. The maximum atomic E-state index is 14.7. The number of rotatable bonds is 5. The van der Waals surface area contributed by atoms with Crippen LogP contribution in [0.2, 0.25) is 0 Å². The second-order valence-corrected chi connectivity index (χ2v) is 6.17. The van der Waals surface area contributed by atoms with Crippen LogP contribution >= 0.6 is 15.9 Å². The average Bonchev–Trinajstić information content (AvgIpc) is 2.41. The number of nitrogens with zero attached hydrogens (tertiary/aromatic N) is 1. The maximum absolute atomic E-state index is 14.7. The van der Waals surface area contributed by atoms with Gasteiger partial charge in [0.1, 0.15) is 12.0 Å². The van der Waals surface area contributed by atoms with E-state index in [9.17, 15) is 9.18 Å². The molecule has 104 valence electrons. The molecule has 1 aliphatic rings. The van der Waals surface area contributed by atoms with E-state index in [4.69, 9.17) is 0 Å². The third-order valence-electron chi connectivity index (χ3n) is 3.75. The van der Waals surface area contributed by atoms with Crippen LogP contribution in [0, 0.1) is 0 Å². The van der Waals surface area contributed by atoms with Gasteiger partial charge in [-0.2, -0.15) is 0 Å². The molecule has 1 saturated heterocycles. The van der Waals surface area contributed by atoms with E-state index in [0.29, 0.717) is 25.7 Å². The molecule has 0 bridgehead atoms. The highest BCUT2D eigenvalue weighted by atomic mass is 79.9. The van der Waals surface area contributed by atoms with Crippen molar-refractivity contribution in [2.75, 3.05) is 19.6 Å². The number of likely N-dealkylation sites (tertiary alicyclic amines) is 1. The standard InChI is InChI=1S/C15H19BrFNO/c16-14-4-2-13(3-5-14)12-15(17)6-9-18(10-7-15)8-1-11-19/h2-5,11H,1,6-10,12H2. The first kappa shape index (κ1) is 14.7. The number of carbonyl (C=O) groups is 1. The van der Waals surface area contributed by atoms with Crippen molar-refractivity contribution >= 4 is 22.2 Å². The highest BCUT2D eigenvalue weighted by Gasteiger charge is 2.34. The fraction of sp³-hybridized carbons (Fsp3) is 0.533. The van der Waals surface area contributed by atoms with E-state index in [1.165, 1.54) is 0 Å². The molecule has 0 N–H and O–H groups in total. The molecule has 0 aromatic heterocycles. The van der Waals surface area contributed by atoms with Crippen molar-refractivity contribution in [3.05, 3.63) is 34.3 Å². The van der Waals surface area contributed by atoms with Crippen LogP contribution in [0.5, 0.6) is 0 Å². The number of halogens is 2. The number of piperidine rings is 1. The fourth-order valence-electron chi connectivity index (χ4n) is 2.56. The predicted molar refractivity (Wildman–Crippen MR) is 78.0 cm³/mol. The summed E-state index contributed by atoms with van der Waals surface area (Å²) in [4.78, 5) is 12.5. The van der Waals surface area contributed by atoms with Gasteiger partial charge in [0, 0.05) is 36.9 Å². The number of aldehydes is 1. The molecular formula is C15H19BrFNO. The van der Waals surface area contributed by atoms with Gasteiger partial charge in [0.15, 0.2) is 0 Å². The summed E-state index contributed by atoms with van der Waals surface area (Å²) < 4.78 is 15.8. The van der Waals surface area contributed by atoms with Gasteiger partial charge in [0.05, 0.1) is 0 Å². The maximum Gasteiger partial charge on any atom is 0.121 e. The van der Waals surface area contributed by atoms with Crippen LogP contribution in [0.3, 0.4) is 0 Å². The third kappa shape index (κ3) is 4.39. The van der Waals surface area contributed by atoms with Crippen molar-refractivity contribution in [1.29, 1.82) is 0 Å². The van der Waals surface area contributed by atoms with Crippen LogP contribution in [0.15, 0.2) is 28.7 Å². The summed E-state index contributed by atoms with van der Waals surface area (Å²) in [5.41, 5.74) is -0.0436. The lowest BCUT2D eigenvalue weighted by atomic mass is 9.87. The van der Waals surface area contributed by atoms with E-state index in [1.807, 2.05) is 24.3 Å². The summed E-state index contributed by atoms with van der Waals surface area (Å²) in [5, 5.41) is 0. The van der Waals surface area contributed by atoms with Gasteiger partial charge in [-0.3, -0.25) is 0 Å². The lowest BCUT2D eigenvalue weighted by Crippen LogP contribution is -2.43. The lowest BCUT2D eigenvalue weighted by Gasteiger charge is -2.36. The number of alkyl halides is 1. The second kappa shape index (κ2) is 6.62. The molecule has 0 spiro atoms. The van der Waals surface area contributed by atoms with E-state index in [2.05, 4.69) is 20.8 Å². The first-order chi connectivity index (χ1) is 9.11. The number of carbonyl (C=O) groups excluding carboxylic acids is 1. The molecule has 0 atom stereocenters. The minimum Gasteiger partial charge on any atom is -0.303 e. The Labute approximate surface area is 122 Å². The SMILES string of the molecule is O=CCCN1CCC(F)(Cc2ccc(Br)cc2)CC1. The van der Waals surface area contributed by atoms with Gasteiger partial charge >= 0.3 is 0 Å². The van der Waals surface area contributed by atoms with Gasteiger partial charge in [-0.05, 0) is 30.5 Å².